The van der Waals surface area contributed by atoms with Gasteiger partial charge in [0, 0.05) is 43.9 Å². The minimum atomic E-state index is -0.0427. The zero-order chi connectivity index (χ0) is 17.2. The van der Waals surface area contributed by atoms with Gasteiger partial charge in [-0.05, 0) is 25.0 Å². The van der Waals surface area contributed by atoms with Crippen LogP contribution < -0.4 is 0 Å². The highest BCUT2D eigenvalue weighted by molar-refractivity contribution is 5.94. The zero-order valence-corrected chi connectivity index (χ0v) is 13.9. The van der Waals surface area contributed by atoms with Gasteiger partial charge in [0.25, 0.3) is 5.91 Å². The molecule has 1 saturated heterocycles. The third kappa shape index (κ3) is 3.00. The average Bonchev–Trinajstić information content (AvgIpc) is 3.31. The molecular formula is C18H18N6O. The number of hydrogen-bond acceptors (Lipinski definition) is 5. The normalized spacial score (nSPS) is 17.0. The molecule has 1 aliphatic rings. The Balaban J connectivity index is 1.56. The second-order valence-corrected chi connectivity index (χ2v) is 6.11. The molecule has 7 nitrogen and oxygen atoms in total. The maximum Gasteiger partial charge on any atom is 0.257 e. The molecule has 7 heteroatoms. The van der Waals surface area contributed by atoms with Gasteiger partial charge in [0.15, 0.2) is 5.82 Å². The molecule has 3 aromatic rings. The molecule has 25 heavy (non-hydrogen) atoms. The van der Waals surface area contributed by atoms with Gasteiger partial charge in [0.2, 0.25) is 0 Å². The molecule has 3 aromatic heterocycles. The third-order valence-corrected chi connectivity index (χ3v) is 4.42. The first-order valence-corrected chi connectivity index (χ1v) is 8.25. The fourth-order valence-electron chi connectivity index (χ4n) is 3.20. The van der Waals surface area contributed by atoms with E-state index in [4.69, 9.17) is 0 Å². The topological polar surface area (TPSA) is 76.8 Å². The number of carbonyl (C=O) groups excluding carboxylic acids is 1. The Morgan fingerprint density at radius 1 is 1.16 bits per heavy atom. The number of amides is 1. The Bertz CT molecular complexity index is 874. The summed E-state index contributed by atoms with van der Waals surface area (Å²) in [6.07, 6.45) is 10.6. The van der Waals surface area contributed by atoms with Crippen molar-refractivity contribution in [2.45, 2.75) is 18.9 Å². The van der Waals surface area contributed by atoms with Gasteiger partial charge in [-0.15, -0.1) is 0 Å². The summed E-state index contributed by atoms with van der Waals surface area (Å²) in [4.78, 5) is 27.6. The standard InChI is InChI=1S/C18H18N6O/c1-23-12-14(11-22-23)16-6-4-8-24(16)18(25)13-9-20-17(21-10-13)15-5-2-3-7-19-15/h2-3,5,7,9-12,16H,4,6,8H2,1H3. The highest BCUT2D eigenvalue weighted by Gasteiger charge is 2.31. The van der Waals surface area contributed by atoms with Gasteiger partial charge in [0.1, 0.15) is 5.69 Å². The molecule has 1 fully saturated rings. The van der Waals surface area contributed by atoms with Gasteiger partial charge in [-0.2, -0.15) is 5.10 Å². The van der Waals surface area contributed by atoms with Gasteiger partial charge in [-0.3, -0.25) is 14.5 Å². The van der Waals surface area contributed by atoms with Crippen molar-refractivity contribution in [3.63, 3.8) is 0 Å². The van der Waals surface area contributed by atoms with Crippen LogP contribution in [0.1, 0.15) is 34.8 Å². The quantitative estimate of drug-likeness (QED) is 0.734. The third-order valence-electron chi connectivity index (χ3n) is 4.42. The minimum Gasteiger partial charge on any atom is -0.331 e. The Morgan fingerprint density at radius 3 is 2.68 bits per heavy atom. The fourth-order valence-corrected chi connectivity index (χ4v) is 3.20. The summed E-state index contributed by atoms with van der Waals surface area (Å²) in [6, 6.07) is 5.63. The summed E-state index contributed by atoms with van der Waals surface area (Å²) in [7, 11) is 1.88. The van der Waals surface area contributed by atoms with Crippen molar-refractivity contribution in [1.29, 1.82) is 0 Å². The minimum absolute atomic E-state index is 0.0427. The second kappa shape index (κ2) is 6.43. The Hall–Kier alpha value is -3.09. The van der Waals surface area contributed by atoms with Crippen LogP contribution in [0.4, 0.5) is 0 Å². The first-order chi connectivity index (χ1) is 12.2. The van der Waals surface area contributed by atoms with Crippen LogP contribution in [0.2, 0.25) is 0 Å². The van der Waals surface area contributed by atoms with Gasteiger partial charge < -0.3 is 4.90 Å². The van der Waals surface area contributed by atoms with E-state index in [2.05, 4.69) is 20.1 Å². The summed E-state index contributed by atoms with van der Waals surface area (Å²) in [5.74, 6) is 0.473. The molecule has 0 aromatic carbocycles. The molecule has 126 valence electrons. The number of hydrogen-bond donors (Lipinski definition) is 0. The number of likely N-dealkylation sites (tertiary alicyclic amines) is 1. The van der Waals surface area contributed by atoms with Crippen LogP contribution in [0, 0.1) is 0 Å². The van der Waals surface area contributed by atoms with E-state index in [-0.39, 0.29) is 11.9 Å². The Morgan fingerprint density at radius 2 is 2.00 bits per heavy atom. The summed E-state index contributed by atoms with van der Waals surface area (Å²) in [5, 5.41) is 4.22. The number of pyridine rings is 1. The van der Waals surface area contributed by atoms with E-state index < -0.39 is 0 Å². The lowest BCUT2D eigenvalue weighted by molar-refractivity contribution is 0.0735. The molecular weight excluding hydrogens is 316 g/mol. The van der Waals surface area contributed by atoms with E-state index in [0.717, 1.165) is 24.9 Å². The first kappa shape index (κ1) is 15.4. The van der Waals surface area contributed by atoms with Crippen LogP contribution in [-0.4, -0.2) is 42.1 Å². The monoisotopic (exact) mass is 334 g/mol. The molecule has 0 radical (unpaired) electrons. The number of aryl methyl sites for hydroxylation is 1. The van der Waals surface area contributed by atoms with Crippen LogP contribution in [-0.2, 0) is 7.05 Å². The van der Waals surface area contributed by atoms with E-state index >= 15 is 0 Å². The van der Waals surface area contributed by atoms with Crippen molar-refractivity contribution in [1.82, 2.24) is 29.6 Å². The highest BCUT2D eigenvalue weighted by atomic mass is 16.2. The molecule has 1 unspecified atom stereocenters. The Kier molecular flexibility index (Phi) is 3.97. The molecule has 0 saturated carbocycles. The predicted molar refractivity (Wildman–Crippen MR) is 91.5 cm³/mol. The number of rotatable bonds is 3. The fraction of sp³-hybridized carbons (Fsp3) is 0.278. The van der Waals surface area contributed by atoms with Crippen LogP contribution in [0.5, 0.6) is 0 Å². The van der Waals surface area contributed by atoms with Gasteiger partial charge in [0.05, 0.1) is 17.8 Å². The van der Waals surface area contributed by atoms with Crippen molar-refractivity contribution in [2.24, 2.45) is 7.05 Å². The zero-order valence-electron chi connectivity index (χ0n) is 13.9. The lowest BCUT2D eigenvalue weighted by Gasteiger charge is -2.23. The smallest absolute Gasteiger partial charge is 0.257 e. The largest absolute Gasteiger partial charge is 0.331 e. The van der Waals surface area contributed by atoms with E-state index in [1.54, 1.807) is 23.3 Å². The molecule has 4 heterocycles. The second-order valence-electron chi connectivity index (χ2n) is 6.11. The first-order valence-electron chi connectivity index (χ1n) is 8.25. The number of aromatic nitrogens is 5. The Labute approximate surface area is 145 Å². The molecule has 0 bridgehead atoms. The van der Waals surface area contributed by atoms with Gasteiger partial charge in [-0.1, -0.05) is 6.07 Å². The molecule has 1 amide bonds. The SMILES string of the molecule is Cn1cc(C2CCCN2C(=O)c2cnc(-c3ccccn3)nc2)cn1. The number of nitrogens with zero attached hydrogens (tertiary/aromatic N) is 6. The van der Waals surface area contributed by atoms with Crippen molar-refractivity contribution in [3.05, 3.63) is 60.3 Å². The van der Waals surface area contributed by atoms with Crippen LogP contribution in [0.15, 0.2) is 49.2 Å². The molecule has 4 rings (SSSR count). The summed E-state index contributed by atoms with van der Waals surface area (Å²) >= 11 is 0. The molecule has 0 spiro atoms. The molecule has 0 N–H and O–H groups in total. The molecule has 1 atom stereocenters. The summed E-state index contributed by atoms with van der Waals surface area (Å²) < 4.78 is 1.76. The van der Waals surface area contributed by atoms with E-state index in [9.17, 15) is 4.79 Å². The van der Waals surface area contributed by atoms with Crippen molar-refractivity contribution < 1.29 is 4.79 Å². The highest BCUT2D eigenvalue weighted by Crippen LogP contribution is 2.32. The molecule has 1 aliphatic heterocycles. The van der Waals surface area contributed by atoms with Crippen LogP contribution in [0.25, 0.3) is 11.5 Å². The lowest BCUT2D eigenvalue weighted by atomic mass is 10.1. The summed E-state index contributed by atoms with van der Waals surface area (Å²) in [6.45, 7) is 0.736. The van der Waals surface area contributed by atoms with E-state index in [0.29, 0.717) is 17.1 Å². The van der Waals surface area contributed by atoms with E-state index in [1.165, 1.54) is 0 Å². The summed E-state index contributed by atoms with van der Waals surface area (Å²) in [5.41, 5.74) is 2.26. The van der Waals surface area contributed by atoms with Crippen molar-refractivity contribution >= 4 is 5.91 Å². The van der Waals surface area contributed by atoms with Crippen LogP contribution in [0.3, 0.4) is 0 Å². The van der Waals surface area contributed by atoms with Crippen molar-refractivity contribution in [3.8, 4) is 11.5 Å². The van der Waals surface area contributed by atoms with E-state index in [1.807, 2.05) is 42.5 Å². The van der Waals surface area contributed by atoms with Crippen molar-refractivity contribution in [2.75, 3.05) is 6.54 Å². The van der Waals surface area contributed by atoms with Gasteiger partial charge in [-0.25, -0.2) is 9.97 Å². The van der Waals surface area contributed by atoms with Gasteiger partial charge >= 0.3 is 0 Å². The lowest BCUT2D eigenvalue weighted by Crippen LogP contribution is -2.30. The number of carbonyl (C=O) groups is 1. The molecule has 0 aliphatic carbocycles. The maximum absolute atomic E-state index is 12.9. The predicted octanol–water partition coefficient (Wildman–Crippen LogP) is 2.25. The van der Waals surface area contributed by atoms with Crippen LogP contribution >= 0.6 is 0 Å². The maximum atomic E-state index is 12.9. The average molecular weight is 334 g/mol.